The van der Waals surface area contributed by atoms with Crippen molar-refractivity contribution in [1.82, 2.24) is 0 Å². The van der Waals surface area contributed by atoms with E-state index in [9.17, 15) is 4.79 Å². The van der Waals surface area contributed by atoms with Crippen LogP contribution in [0.1, 0.15) is 0 Å². The van der Waals surface area contributed by atoms with Crippen molar-refractivity contribution in [1.29, 1.82) is 0 Å². The normalized spacial score (nSPS) is 16.4. The standard InChI is InChI=1S/C4H5BrCl2O2/c1-9-4(8)2(6)3(5)7/h2-3H,1H3. The molecular formula is C4H5BrCl2O2. The molecule has 0 rings (SSSR count). The summed E-state index contributed by atoms with van der Waals surface area (Å²) >= 11 is 13.7. The van der Waals surface area contributed by atoms with Crippen molar-refractivity contribution in [3.8, 4) is 0 Å². The van der Waals surface area contributed by atoms with Crippen LogP contribution in [0.15, 0.2) is 0 Å². The first-order chi connectivity index (χ1) is 4.09. The van der Waals surface area contributed by atoms with Gasteiger partial charge in [0.1, 0.15) is 4.29 Å². The maximum atomic E-state index is 10.5. The van der Waals surface area contributed by atoms with Crippen molar-refractivity contribution in [2.75, 3.05) is 7.11 Å². The molecule has 0 bridgehead atoms. The highest BCUT2D eigenvalue weighted by Gasteiger charge is 2.22. The molecule has 9 heavy (non-hydrogen) atoms. The van der Waals surface area contributed by atoms with Crippen LogP contribution in [-0.4, -0.2) is 22.7 Å². The van der Waals surface area contributed by atoms with Gasteiger partial charge in [-0.25, -0.2) is 0 Å². The van der Waals surface area contributed by atoms with Gasteiger partial charge in [-0.3, -0.25) is 4.79 Å². The molecule has 0 saturated carbocycles. The van der Waals surface area contributed by atoms with Gasteiger partial charge in [0.05, 0.1) is 7.11 Å². The number of hydrogen-bond acceptors (Lipinski definition) is 2. The molecular weight excluding hydrogens is 231 g/mol. The monoisotopic (exact) mass is 234 g/mol. The Morgan fingerprint density at radius 2 is 2.11 bits per heavy atom. The number of methoxy groups -OCH3 is 1. The van der Waals surface area contributed by atoms with Crippen molar-refractivity contribution in [2.24, 2.45) is 0 Å². The van der Waals surface area contributed by atoms with Gasteiger partial charge in [0.25, 0.3) is 0 Å². The van der Waals surface area contributed by atoms with E-state index in [1.54, 1.807) is 0 Å². The van der Waals surface area contributed by atoms with E-state index >= 15 is 0 Å². The van der Waals surface area contributed by atoms with Gasteiger partial charge in [0.2, 0.25) is 0 Å². The maximum Gasteiger partial charge on any atom is 0.326 e. The number of rotatable bonds is 2. The Kier molecular flexibility index (Phi) is 4.62. The molecule has 2 nitrogen and oxygen atoms in total. The molecule has 5 heteroatoms. The summed E-state index contributed by atoms with van der Waals surface area (Å²) < 4.78 is 3.71. The van der Waals surface area contributed by atoms with Gasteiger partial charge in [-0.2, -0.15) is 0 Å². The minimum atomic E-state index is -0.823. The average Bonchev–Trinajstić information content (AvgIpc) is 1.84. The lowest BCUT2D eigenvalue weighted by molar-refractivity contribution is -0.139. The zero-order chi connectivity index (χ0) is 7.44. The predicted molar refractivity (Wildman–Crippen MR) is 40.2 cm³/mol. The number of hydrogen-bond donors (Lipinski definition) is 0. The van der Waals surface area contributed by atoms with Crippen LogP contribution < -0.4 is 0 Å². The van der Waals surface area contributed by atoms with Gasteiger partial charge >= 0.3 is 5.97 Å². The Morgan fingerprint density at radius 1 is 1.67 bits per heavy atom. The fourth-order valence-electron chi connectivity index (χ4n) is 0.215. The maximum absolute atomic E-state index is 10.5. The lowest BCUT2D eigenvalue weighted by Crippen LogP contribution is -2.21. The number of alkyl halides is 3. The van der Waals surface area contributed by atoms with Gasteiger partial charge in [0, 0.05) is 0 Å². The van der Waals surface area contributed by atoms with E-state index in [0.29, 0.717) is 0 Å². The van der Waals surface area contributed by atoms with E-state index in [4.69, 9.17) is 23.2 Å². The molecule has 0 spiro atoms. The first-order valence-electron chi connectivity index (χ1n) is 2.09. The molecule has 2 unspecified atom stereocenters. The smallest absolute Gasteiger partial charge is 0.326 e. The Balaban J connectivity index is 3.72. The first kappa shape index (κ1) is 9.53. The molecule has 0 aromatic heterocycles. The third kappa shape index (κ3) is 3.28. The fourth-order valence-corrected chi connectivity index (χ4v) is 0.623. The molecule has 0 fully saturated rings. The number of halogens is 3. The second-order valence-electron chi connectivity index (χ2n) is 1.26. The summed E-state index contributed by atoms with van der Waals surface area (Å²) in [4.78, 5) is 10.5. The highest BCUT2D eigenvalue weighted by atomic mass is 79.9. The Hall–Kier alpha value is 0.530. The predicted octanol–water partition coefficient (Wildman–Crippen LogP) is 1.73. The van der Waals surface area contributed by atoms with Crippen LogP contribution in [0.2, 0.25) is 0 Å². The molecule has 2 atom stereocenters. The molecule has 0 aliphatic heterocycles. The third-order valence-electron chi connectivity index (χ3n) is 0.648. The van der Waals surface area contributed by atoms with Gasteiger partial charge < -0.3 is 4.74 Å². The number of carbonyl (C=O) groups is 1. The zero-order valence-corrected chi connectivity index (χ0v) is 7.70. The summed E-state index contributed by atoms with van der Waals surface area (Å²) in [5.41, 5.74) is 0. The summed E-state index contributed by atoms with van der Waals surface area (Å²) in [5.74, 6) is -0.534. The zero-order valence-electron chi connectivity index (χ0n) is 4.61. The van der Waals surface area contributed by atoms with Crippen molar-refractivity contribution >= 4 is 45.1 Å². The second-order valence-corrected chi connectivity index (χ2v) is 3.71. The Morgan fingerprint density at radius 3 is 2.22 bits per heavy atom. The third-order valence-corrected chi connectivity index (χ3v) is 2.29. The lowest BCUT2D eigenvalue weighted by Gasteiger charge is -2.05. The minimum absolute atomic E-state index is 0.534. The van der Waals surface area contributed by atoms with Crippen molar-refractivity contribution < 1.29 is 9.53 Å². The number of esters is 1. The molecule has 0 aromatic carbocycles. The largest absolute Gasteiger partial charge is 0.468 e. The van der Waals surface area contributed by atoms with E-state index < -0.39 is 15.6 Å². The van der Waals surface area contributed by atoms with Crippen LogP contribution in [0.3, 0.4) is 0 Å². The molecule has 0 N–H and O–H groups in total. The summed E-state index contributed by atoms with van der Waals surface area (Å²) in [6, 6.07) is 0. The molecule has 0 saturated heterocycles. The number of ether oxygens (including phenoxy) is 1. The molecule has 54 valence electrons. The van der Waals surface area contributed by atoms with Crippen LogP contribution in [-0.2, 0) is 9.53 Å². The van der Waals surface area contributed by atoms with E-state index in [-0.39, 0.29) is 0 Å². The van der Waals surface area contributed by atoms with E-state index in [2.05, 4.69) is 20.7 Å². The first-order valence-corrected chi connectivity index (χ1v) is 3.88. The van der Waals surface area contributed by atoms with Crippen molar-refractivity contribution in [3.63, 3.8) is 0 Å². The fraction of sp³-hybridized carbons (Fsp3) is 0.750. The molecule has 0 heterocycles. The van der Waals surface area contributed by atoms with E-state index in [1.807, 2.05) is 0 Å². The van der Waals surface area contributed by atoms with Crippen LogP contribution in [0, 0.1) is 0 Å². The Bertz CT molecular complexity index is 107. The lowest BCUT2D eigenvalue weighted by atomic mass is 10.5. The van der Waals surface area contributed by atoms with Crippen LogP contribution in [0.5, 0.6) is 0 Å². The summed E-state index contributed by atoms with van der Waals surface area (Å²) in [5, 5.41) is -0.823. The number of carbonyl (C=O) groups excluding carboxylic acids is 1. The van der Waals surface area contributed by atoms with Crippen LogP contribution >= 0.6 is 39.1 Å². The van der Waals surface area contributed by atoms with Crippen molar-refractivity contribution in [3.05, 3.63) is 0 Å². The molecule has 0 aliphatic carbocycles. The van der Waals surface area contributed by atoms with Gasteiger partial charge in [0.15, 0.2) is 5.38 Å². The summed E-state index contributed by atoms with van der Waals surface area (Å²) in [6.45, 7) is 0. The highest BCUT2D eigenvalue weighted by Crippen LogP contribution is 2.16. The second kappa shape index (κ2) is 4.36. The molecule has 0 aliphatic rings. The van der Waals surface area contributed by atoms with Gasteiger partial charge in [-0.15, -0.1) is 23.2 Å². The van der Waals surface area contributed by atoms with E-state index in [1.165, 1.54) is 7.11 Å². The highest BCUT2D eigenvalue weighted by molar-refractivity contribution is 9.10. The van der Waals surface area contributed by atoms with Crippen molar-refractivity contribution in [2.45, 2.75) is 9.66 Å². The van der Waals surface area contributed by atoms with Crippen LogP contribution in [0.4, 0.5) is 0 Å². The minimum Gasteiger partial charge on any atom is -0.468 e. The van der Waals surface area contributed by atoms with Gasteiger partial charge in [-0.1, -0.05) is 15.9 Å². The summed E-state index contributed by atoms with van der Waals surface area (Å²) in [6.07, 6.45) is 0. The summed E-state index contributed by atoms with van der Waals surface area (Å²) in [7, 11) is 1.25. The topological polar surface area (TPSA) is 26.3 Å². The Labute approximate surface area is 71.6 Å². The quantitative estimate of drug-likeness (QED) is 0.539. The van der Waals surface area contributed by atoms with E-state index in [0.717, 1.165) is 0 Å². The molecule has 0 aromatic rings. The molecule has 0 amide bonds. The average molecular weight is 236 g/mol. The van der Waals surface area contributed by atoms with Gasteiger partial charge in [-0.05, 0) is 0 Å². The SMILES string of the molecule is COC(=O)C(Cl)C(Cl)Br. The van der Waals surface area contributed by atoms with Crippen LogP contribution in [0.25, 0.3) is 0 Å². The molecule has 0 radical (unpaired) electrons.